The molecule has 25 heavy (non-hydrogen) atoms. The van der Waals surface area contributed by atoms with Gasteiger partial charge in [0, 0.05) is 37.3 Å². The van der Waals surface area contributed by atoms with E-state index in [-0.39, 0.29) is 18.9 Å². The van der Waals surface area contributed by atoms with Gasteiger partial charge in [-0.1, -0.05) is 18.2 Å². The summed E-state index contributed by atoms with van der Waals surface area (Å²) < 4.78 is 35.4. The number of nitrogens with zero attached hydrogens (tertiary/aromatic N) is 5. The van der Waals surface area contributed by atoms with Gasteiger partial charge < -0.3 is 4.42 Å². The summed E-state index contributed by atoms with van der Waals surface area (Å²) in [4.78, 5) is 1.67. The van der Waals surface area contributed by atoms with Crippen LogP contribution in [0, 0.1) is 0 Å². The van der Waals surface area contributed by atoms with Crippen LogP contribution < -0.4 is 0 Å². The molecular formula is C17H17F2N5O. The molecule has 8 heteroatoms. The van der Waals surface area contributed by atoms with Crippen molar-refractivity contribution in [2.75, 3.05) is 6.54 Å². The Morgan fingerprint density at radius 2 is 2.04 bits per heavy atom. The van der Waals surface area contributed by atoms with E-state index < -0.39 is 12.0 Å². The third kappa shape index (κ3) is 3.30. The summed E-state index contributed by atoms with van der Waals surface area (Å²) in [5, 5.41) is 12.1. The van der Waals surface area contributed by atoms with Gasteiger partial charge in [-0.3, -0.25) is 9.58 Å². The molecule has 1 aromatic carbocycles. The summed E-state index contributed by atoms with van der Waals surface area (Å²) in [6.45, 7) is 0.0206. The first-order valence-corrected chi connectivity index (χ1v) is 7.98. The average Bonchev–Trinajstić information content (AvgIpc) is 3.28. The summed E-state index contributed by atoms with van der Waals surface area (Å²) in [6.07, 6.45) is 3.16. The molecule has 130 valence electrons. The van der Waals surface area contributed by atoms with Crippen molar-refractivity contribution in [3.63, 3.8) is 0 Å². The highest BCUT2D eigenvalue weighted by molar-refractivity contribution is 5.51. The van der Waals surface area contributed by atoms with Crippen molar-refractivity contribution in [2.45, 2.75) is 24.9 Å². The molecule has 1 atom stereocenters. The Balaban J connectivity index is 1.59. The van der Waals surface area contributed by atoms with Gasteiger partial charge in [0.2, 0.25) is 11.8 Å². The fourth-order valence-corrected chi connectivity index (χ4v) is 3.15. The fourth-order valence-electron chi connectivity index (χ4n) is 3.15. The second-order valence-corrected chi connectivity index (χ2v) is 6.31. The van der Waals surface area contributed by atoms with Crippen molar-refractivity contribution in [2.24, 2.45) is 7.05 Å². The van der Waals surface area contributed by atoms with Crippen molar-refractivity contribution in [3.8, 4) is 11.5 Å². The van der Waals surface area contributed by atoms with Crippen LogP contribution >= 0.6 is 0 Å². The van der Waals surface area contributed by atoms with Gasteiger partial charge in [-0.25, -0.2) is 8.78 Å². The number of likely N-dealkylation sites (tertiary alicyclic amines) is 1. The van der Waals surface area contributed by atoms with E-state index in [1.54, 1.807) is 22.8 Å². The number of aromatic nitrogens is 4. The number of aryl methyl sites for hydroxylation is 1. The maximum atomic E-state index is 14.0. The number of halogens is 2. The van der Waals surface area contributed by atoms with Crippen molar-refractivity contribution < 1.29 is 13.2 Å². The van der Waals surface area contributed by atoms with Crippen LogP contribution in [-0.2, 0) is 13.6 Å². The molecule has 1 saturated heterocycles. The Morgan fingerprint density at radius 1 is 1.24 bits per heavy atom. The maximum Gasteiger partial charge on any atom is 0.262 e. The normalized spacial score (nSPS) is 20.2. The van der Waals surface area contributed by atoms with Gasteiger partial charge in [0.15, 0.2) is 0 Å². The lowest BCUT2D eigenvalue weighted by Crippen LogP contribution is -2.26. The van der Waals surface area contributed by atoms with Crippen molar-refractivity contribution in [3.05, 3.63) is 54.2 Å². The third-order valence-electron chi connectivity index (χ3n) is 4.26. The van der Waals surface area contributed by atoms with E-state index in [9.17, 15) is 8.78 Å². The third-order valence-corrected chi connectivity index (χ3v) is 4.26. The summed E-state index contributed by atoms with van der Waals surface area (Å²) >= 11 is 0. The van der Waals surface area contributed by atoms with Crippen LogP contribution in [0.4, 0.5) is 8.78 Å². The second kappa shape index (κ2) is 6.03. The summed E-state index contributed by atoms with van der Waals surface area (Å²) in [5.41, 5.74) is 1.64. The minimum Gasteiger partial charge on any atom is -0.419 e. The van der Waals surface area contributed by atoms with Crippen LogP contribution in [0.5, 0.6) is 0 Å². The topological polar surface area (TPSA) is 60.0 Å². The number of alkyl halides is 2. The zero-order valence-corrected chi connectivity index (χ0v) is 13.6. The van der Waals surface area contributed by atoms with Crippen LogP contribution in [0.2, 0.25) is 0 Å². The first-order valence-electron chi connectivity index (χ1n) is 7.98. The van der Waals surface area contributed by atoms with E-state index >= 15 is 0 Å². The molecule has 1 aliphatic rings. The lowest BCUT2D eigenvalue weighted by atomic mass is 10.2. The van der Waals surface area contributed by atoms with Gasteiger partial charge in [-0.15, -0.1) is 10.2 Å². The van der Waals surface area contributed by atoms with Crippen LogP contribution in [0.1, 0.15) is 23.9 Å². The minimum absolute atomic E-state index is 0.222. The molecular weight excluding hydrogens is 328 g/mol. The van der Waals surface area contributed by atoms with E-state index in [1.165, 1.54) is 0 Å². The zero-order valence-electron chi connectivity index (χ0n) is 13.6. The molecule has 3 heterocycles. The van der Waals surface area contributed by atoms with Gasteiger partial charge >= 0.3 is 0 Å². The van der Waals surface area contributed by atoms with Crippen LogP contribution in [0.3, 0.4) is 0 Å². The van der Waals surface area contributed by atoms with Crippen molar-refractivity contribution in [1.82, 2.24) is 24.9 Å². The molecule has 6 nitrogen and oxygen atoms in total. The van der Waals surface area contributed by atoms with Gasteiger partial charge in [-0.05, 0) is 12.1 Å². The Bertz CT molecular complexity index is 861. The highest BCUT2D eigenvalue weighted by Crippen LogP contribution is 2.41. The number of hydrogen-bond donors (Lipinski definition) is 0. The summed E-state index contributed by atoms with van der Waals surface area (Å²) in [7, 11) is 1.80. The molecule has 0 amide bonds. The van der Waals surface area contributed by atoms with E-state index in [0.717, 1.165) is 11.1 Å². The molecule has 0 unspecified atom stereocenters. The molecule has 0 N–H and O–H groups in total. The molecule has 3 aromatic rings. The Kier molecular flexibility index (Phi) is 3.84. The largest absolute Gasteiger partial charge is 0.419 e. The second-order valence-electron chi connectivity index (χ2n) is 6.31. The van der Waals surface area contributed by atoms with Crippen LogP contribution in [0.15, 0.2) is 47.1 Å². The van der Waals surface area contributed by atoms with Crippen LogP contribution in [-0.4, -0.2) is 37.3 Å². The average molecular weight is 345 g/mol. The lowest BCUT2D eigenvalue weighted by molar-refractivity contribution is 0.0112. The summed E-state index contributed by atoms with van der Waals surface area (Å²) in [5.74, 6) is -2.22. The molecule has 0 bridgehead atoms. The van der Waals surface area contributed by atoms with E-state index in [4.69, 9.17) is 4.42 Å². The molecule has 1 fully saturated rings. The van der Waals surface area contributed by atoms with E-state index in [2.05, 4.69) is 15.3 Å². The first kappa shape index (κ1) is 15.9. The summed E-state index contributed by atoms with van der Waals surface area (Å²) in [6, 6.07) is 8.67. The molecule has 2 aromatic heterocycles. The van der Waals surface area contributed by atoms with Gasteiger partial charge in [0.05, 0.1) is 18.8 Å². The SMILES string of the molecule is Cn1cc(CN2CC(F)(F)C[C@H]2c2nnc(-c3ccccc3)o2)cn1. The molecule has 1 aliphatic heterocycles. The highest BCUT2D eigenvalue weighted by atomic mass is 19.3. The van der Waals surface area contributed by atoms with Crippen molar-refractivity contribution >= 4 is 0 Å². The predicted octanol–water partition coefficient (Wildman–Crippen LogP) is 3.05. The number of hydrogen-bond acceptors (Lipinski definition) is 5. The van der Waals surface area contributed by atoms with E-state index in [0.29, 0.717) is 12.4 Å². The van der Waals surface area contributed by atoms with E-state index in [1.807, 2.05) is 36.5 Å². The highest BCUT2D eigenvalue weighted by Gasteiger charge is 2.47. The first-order chi connectivity index (χ1) is 12.0. The fraction of sp³-hybridized carbons (Fsp3) is 0.353. The molecule has 4 rings (SSSR count). The monoisotopic (exact) mass is 345 g/mol. The molecule has 0 aliphatic carbocycles. The predicted molar refractivity (Wildman–Crippen MR) is 85.7 cm³/mol. The quantitative estimate of drug-likeness (QED) is 0.727. The Labute approximate surface area is 143 Å². The Hall–Kier alpha value is -2.61. The smallest absolute Gasteiger partial charge is 0.262 e. The minimum atomic E-state index is -2.78. The number of benzene rings is 1. The van der Waals surface area contributed by atoms with Gasteiger partial charge in [0.25, 0.3) is 5.92 Å². The van der Waals surface area contributed by atoms with Gasteiger partial charge in [0.1, 0.15) is 0 Å². The zero-order chi connectivity index (χ0) is 17.4. The molecule has 0 spiro atoms. The number of rotatable bonds is 4. The lowest BCUT2D eigenvalue weighted by Gasteiger charge is -2.19. The Morgan fingerprint density at radius 3 is 2.76 bits per heavy atom. The molecule has 0 saturated carbocycles. The van der Waals surface area contributed by atoms with Crippen LogP contribution in [0.25, 0.3) is 11.5 Å². The molecule has 0 radical (unpaired) electrons. The maximum absolute atomic E-state index is 14.0. The van der Waals surface area contributed by atoms with Crippen molar-refractivity contribution in [1.29, 1.82) is 0 Å². The standard InChI is InChI=1S/C17H17F2N5O/c1-23-9-12(8-20-23)10-24-11-17(18,19)7-14(24)16-22-21-15(25-16)13-5-3-2-4-6-13/h2-6,8-9,14H,7,10-11H2,1H3/t14-/m0/s1. The van der Waals surface area contributed by atoms with Gasteiger partial charge in [-0.2, -0.15) is 5.10 Å².